The van der Waals surface area contributed by atoms with E-state index in [1.54, 1.807) is 0 Å². The fraction of sp³-hybridized carbons (Fsp3) is 0.970. The Balaban J connectivity index is 3.07. The molecule has 0 aromatic carbocycles. The van der Waals surface area contributed by atoms with Crippen molar-refractivity contribution in [1.29, 1.82) is 0 Å². The van der Waals surface area contributed by atoms with Crippen molar-refractivity contribution in [3.63, 3.8) is 0 Å². The van der Waals surface area contributed by atoms with Gasteiger partial charge in [-0.3, -0.25) is 4.79 Å². The van der Waals surface area contributed by atoms with E-state index in [4.69, 9.17) is 37.9 Å². The third kappa shape index (κ3) is 37.2. The van der Waals surface area contributed by atoms with E-state index < -0.39 is 0 Å². The van der Waals surface area contributed by atoms with Gasteiger partial charge >= 0.3 is 5.97 Å². The molecule has 0 rings (SSSR count). The van der Waals surface area contributed by atoms with Crippen molar-refractivity contribution in [3.8, 4) is 0 Å². The summed E-state index contributed by atoms with van der Waals surface area (Å²) >= 11 is 0. The van der Waals surface area contributed by atoms with Crippen LogP contribution in [0.15, 0.2) is 0 Å². The average molecular weight is 607 g/mol. The van der Waals surface area contributed by atoms with Crippen molar-refractivity contribution < 1.29 is 42.7 Å². The van der Waals surface area contributed by atoms with E-state index in [1.165, 1.54) is 57.8 Å². The molecule has 0 heterocycles. The van der Waals surface area contributed by atoms with Crippen molar-refractivity contribution in [2.24, 2.45) is 0 Å². The standard InChI is InChI=1S/C33H66O9/c1-3-5-7-9-10-11-12-13-14-16-18-35-19-20-36-21-22-37-23-24-38-25-26-39-27-28-40-29-30-41-31-32-42-33(34)17-15-8-6-4-2/h3-32H2,1-2H3. The van der Waals surface area contributed by atoms with Crippen LogP contribution in [0.1, 0.15) is 110 Å². The predicted octanol–water partition coefficient (Wildman–Crippen LogP) is 6.54. The van der Waals surface area contributed by atoms with Gasteiger partial charge in [-0.1, -0.05) is 90.9 Å². The lowest BCUT2D eigenvalue weighted by Crippen LogP contribution is -2.15. The Labute approximate surface area is 257 Å². The van der Waals surface area contributed by atoms with Crippen LogP contribution < -0.4 is 0 Å². The lowest BCUT2D eigenvalue weighted by Gasteiger charge is -2.09. The maximum absolute atomic E-state index is 11.5. The summed E-state index contributed by atoms with van der Waals surface area (Å²) in [5.74, 6) is -0.143. The van der Waals surface area contributed by atoms with Crippen LogP contribution in [0.4, 0.5) is 0 Å². The van der Waals surface area contributed by atoms with Gasteiger partial charge in [-0.15, -0.1) is 0 Å². The van der Waals surface area contributed by atoms with Crippen molar-refractivity contribution in [1.82, 2.24) is 0 Å². The van der Waals surface area contributed by atoms with Gasteiger partial charge in [-0.2, -0.15) is 0 Å². The number of hydrogen-bond acceptors (Lipinski definition) is 9. The minimum atomic E-state index is -0.143. The molecule has 0 spiro atoms. The second kappa shape index (κ2) is 38.2. The lowest BCUT2D eigenvalue weighted by molar-refractivity contribution is -0.145. The molecule has 0 aliphatic heterocycles. The predicted molar refractivity (Wildman–Crippen MR) is 167 cm³/mol. The van der Waals surface area contributed by atoms with Gasteiger partial charge in [0, 0.05) is 13.0 Å². The summed E-state index contributed by atoms with van der Waals surface area (Å²) in [5.41, 5.74) is 0. The molecule has 0 aromatic heterocycles. The van der Waals surface area contributed by atoms with Crippen molar-refractivity contribution in [2.45, 2.75) is 110 Å². The fourth-order valence-electron chi connectivity index (χ4n) is 4.10. The molecule has 0 saturated carbocycles. The first-order chi connectivity index (χ1) is 20.8. The molecule has 0 N–H and O–H groups in total. The monoisotopic (exact) mass is 606 g/mol. The minimum absolute atomic E-state index is 0.143. The van der Waals surface area contributed by atoms with E-state index in [2.05, 4.69) is 13.8 Å². The van der Waals surface area contributed by atoms with Gasteiger partial charge in [-0.05, 0) is 12.8 Å². The highest BCUT2D eigenvalue weighted by Crippen LogP contribution is 2.10. The zero-order valence-corrected chi connectivity index (χ0v) is 27.4. The first kappa shape index (κ1) is 41.2. The summed E-state index contributed by atoms with van der Waals surface area (Å²) in [5, 5.41) is 0. The number of carbonyl (C=O) groups is 1. The molecule has 0 bridgehead atoms. The topological polar surface area (TPSA) is 90.9 Å². The van der Waals surface area contributed by atoms with Crippen molar-refractivity contribution in [3.05, 3.63) is 0 Å². The quantitative estimate of drug-likeness (QED) is 0.0578. The molecule has 0 aliphatic carbocycles. The molecule has 0 atom stereocenters. The SMILES string of the molecule is CCCCCCCCCCCCOCCOCCOCCOCCOCCOCCOCCOC(=O)CCCCCC. The van der Waals surface area contributed by atoms with Crippen LogP contribution in [0.5, 0.6) is 0 Å². The molecule has 0 amide bonds. The number of rotatable bonds is 37. The van der Waals surface area contributed by atoms with Crippen molar-refractivity contribution >= 4 is 5.97 Å². The summed E-state index contributed by atoms with van der Waals surface area (Å²) in [6.45, 7) is 12.4. The number of esters is 1. The smallest absolute Gasteiger partial charge is 0.305 e. The third-order valence-electron chi connectivity index (χ3n) is 6.60. The van der Waals surface area contributed by atoms with E-state index in [-0.39, 0.29) is 5.97 Å². The van der Waals surface area contributed by atoms with Crippen LogP contribution in [-0.2, 0) is 42.7 Å². The van der Waals surface area contributed by atoms with Crippen LogP contribution in [0.2, 0.25) is 0 Å². The first-order valence-corrected chi connectivity index (χ1v) is 17.0. The van der Waals surface area contributed by atoms with E-state index in [0.717, 1.165) is 38.7 Å². The summed E-state index contributed by atoms with van der Waals surface area (Å²) in [6, 6.07) is 0. The Morgan fingerprint density at radius 1 is 0.333 bits per heavy atom. The molecule has 0 unspecified atom stereocenters. The van der Waals surface area contributed by atoms with Gasteiger partial charge in [0.1, 0.15) is 6.61 Å². The molecular weight excluding hydrogens is 540 g/mol. The normalized spacial score (nSPS) is 11.4. The zero-order valence-electron chi connectivity index (χ0n) is 27.4. The zero-order chi connectivity index (χ0) is 30.4. The molecule has 9 heteroatoms. The van der Waals surface area contributed by atoms with Gasteiger partial charge in [-0.25, -0.2) is 0 Å². The van der Waals surface area contributed by atoms with Gasteiger partial charge in [0.05, 0.1) is 85.9 Å². The van der Waals surface area contributed by atoms with Gasteiger partial charge in [0.15, 0.2) is 0 Å². The molecule has 0 radical (unpaired) electrons. The van der Waals surface area contributed by atoms with Crippen LogP contribution in [0.3, 0.4) is 0 Å². The molecule has 0 saturated heterocycles. The molecule has 0 aliphatic rings. The molecular formula is C33H66O9. The van der Waals surface area contributed by atoms with E-state index in [0.29, 0.717) is 98.9 Å². The van der Waals surface area contributed by atoms with E-state index in [9.17, 15) is 4.79 Å². The molecule has 42 heavy (non-hydrogen) atoms. The number of hydrogen-bond donors (Lipinski definition) is 0. The molecule has 0 aromatic rings. The van der Waals surface area contributed by atoms with E-state index in [1.807, 2.05) is 0 Å². The third-order valence-corrected chi connectivity index (χ3v) is 6.60. The summed E-state index contributed by atoms with van der Waals surface area (Å²) in [4.78, 5) is 11.5. The number of ether oxygens (including phenoxy) is 8. The second-order valence-electron chi connectivity index (χ2n) is 10.5. The average Bonchev–Trinajstić information content (AvgIpc) is 3.00. The van der Waals surface area contributed by atoms with Crippen molar-refractivity contribution in [2.75, 3.05) is 99.1 Å². The Morgan fingerprint density at radius 3 is 1.00 bits per heavy atom. The Hall–Kier alpha value is -0.810. The van der Waals surface area contributed by atoms with Gasteiger partial charge in [0.2, 0.25) is 0 Å². The Morgan fingerprint density at radius 2 is 0.619 bits per heavy atom. The summed E-state index contributed by atoms with van der Waals surface area (Å²) in [6.07, 6.45) is 18.2. The second-order valence-corrected chi connectivity index (χ2v) is 10.5. The number of carbonyl (C=O) groups excluding carboxylic acids is 1. The van der Waals surface area contributed by atoms with E-state index >= 15 is 0 Å². The largest absolute Gasteiger partial charge is 0.463 e. The van der Waals surface area contributed by atoms with Crippen LogP contribution >= 0.6 is 0 Å². The summed E-state index contributed by atoms with van der Waals surface area (Å²) in [7, 11) is 0. The highest BCUT2D eigenvalue weighted by atomic mass is 16.6. The van der Waals surface area contributed by atoms with Crippen LogP contribution in [-0.4, -0.2) is 105 Å². The number of unbranched alkanes of at least 4 members (excludes halogenated alkanes) is 12. The highest BCUT2D eigenvalue weighted by molar-refractivity contribution is 5.69. The van der Waals surface area contributed by atoms with Crippen LogP contribution in [0, 0.1) is 0 Å². The van der Waals surface area contributed by atoms with Gasteiger partial charge in [0.25, 0.3) is 0 Å². The first-order valence-electron chi connectivity index (χ1n) is 17.0. The van der Waals surface area contributed by atoms with Gasteiger partial charge < -0.3 is 37.9 Å². The Bertz CT molecular complexity index is 508. The van der Waals surface area contributed by atoms with Crippen LogP contribution in [0.25, 0.3) is 0 Å². The molecule has 252 valence electrons. The molecule has 9 nitrogen and oxygen atoms in total. The summed E-state index contributed by atoms with van der Waals surface area (Å²) < 4.78 is 43.6. The highest BCUT2D eigenvalue weighted by Gasteiger charge is 2.02. The lowest BCUT2D eigenvalue weighted by atomic mass is 10.1. The maximum Gasteiger partial charge on any atom is 0.305 e. The Kier molecular flexibility index (Phi) is 37.5. The maximum atomic E-state index is 11.5. The minimum Gasteiger partial charge on any atom is -0.463 e. The fourth-order valence-corrected chi connectivity index (χ4v) is 4.10. The molecule has 0 fully saturated rings.